The van der Waals surface area contributed by atoms with Gasteiger partial charge in [-0.1, -0.05) is 30.3 Å². The minimum absolute atomic E-state index is 0.0131. The molecule has 6 heteroatoms. The topological polar surface area (TPSA) is 67.2 Å². The fourth-order valence-corrected chi connectivity index (χ4v) is 2.78. The Morgan fingerprint density at radius 2 is 1.71 bits per heavy atom. The Bertz CT molecular complexity index is 931. The first-order chi connectivity index (χ1) is 13.5. The largest absolute Gasteiger partial charge is 0.352 e. The molecule has 0 spiro atoms. The van der Waals surface area contributed by atoms with Crippen molar-refractivity contribution >= 4 is 11.8 Å². The smallest absolute Gasteiger partial charge is 0.253 e. The number of hydrogen-bond acceptors (Lipinski definition) is 3. The summed E-state index contributed by atoms with van der Waals surface area (Å²) in [7, 11) is 3.44. The van der Waals surface area contributed by atoms with Crippen LogP contribution in [0.15, 0.2) is 67.0 Å². The molecule has 3 rings (SSSR count). The number of carbonyl (C=O) groups is 2. The third kappa shape index (κ3) is 5.07. The van der Waals surface area contributed by atoms with Gasteiger partial charge in [-0.05, 0) is 41.8 Å². The average Bonchev–Trinajstić information content (AvgIpc) is 3.20. The molecule has 0 aliphatic carbocycles. The quantitative estimate of drug-likeness (QED) is 0.689. The molecule has 0 aliphatic heterocycles. The van der Waals surface area contributed by atoms with Crippen molar-refractivity contribution < 1.29 is 9.59 Å². The summed E-state index contributed by atoms with van der Waals surface area (Å²) >= 11 is 0. The molecule has 0 saturated heterocycles. The molecular formula is C22H24N4O2. The van der Waals surface area contributed by atoms with Gasteiger partial charge in [0.05, 0.1) is 11.9 Å². The maximum absolute atomic E-state index is 12.1. The van der Waals surface area contributed by atoms with E-state index in [1.54, 1.807) is 32.4 Å². The highest BCUT2D eigenvalue weighted by Crippen LogP contribution is 2.10. The lowest BCUT2D eigenvalue weighted by molar-refractivity contribution is -0.121. The van der Waals surface area contributed by atoms with Crippen molar-refractivity contribution in [3.8, 4) is 5.69 Å². The number of aryl methyl sites for hydroxylation is 1. The summed E-state index contributed by atoms with van der Waals surface area (Å²) in [6, 6.07) is 17.2. The Kier molecular flexibility index (Phi) is 6.22. The molecule has 0 saturated carbocycles. The van der Waals surface area contributed by atoms with Crippen LogP contribution in [0, 0.1) is 0 Å². The predicted octanol–water partition coefficient (Wildman–Crippen LogP) is 2.82. The van der Waals surface area contributed by atoms with E-state index in [1.165, 1.54) is 4.90 Å². The number of amides is 2. The van der Waals surface area contributed by atoms with Gasteiger partial charge < -0.3 is 10.2 Å². The van der Waals surface area contributed by atoms with Crippen molar-refractivity contribution in [2.24, 2.45) is 0 Å². The molecule has 6 nitrogen and oxygen atoms in total. The van der Waals surface area contributed by atoms with Crippen molar-refractivity contribution in [2.45, 2.75) is 19.4 Å². The zero-order valence-corrected chi connectivity index (χ0v) is 16.1. The standard InChI is InChI=1S/C22H24N4O2/c1-25(2)22(28)19-11-8-17(9-12-19)14-23-21(27)13-10-18-15-24-26(16-18)20-6-4-3-5-7-20/h3-9,11-12,15-16H,10,13-14H2,1-2H3,(H,23,27). The lowest BCUT2D eigenvalue weighted by Gasteiger charge is -2.10. The molecule has 144 valence electrons. The minimum Gasteiger partial charge on any atom is -0.352 e. The first-order valence-corrected chi connectivity index (χ1v) is 9.19. The molecule has 2 amide bonds. The molecular weight excluding hydrogens is 352 g/mol. The minimum atomic E-state index is -0.0355. The van der Waals surface area contributed by atoms with E-state index < -0.39 is 0 Å². The highest BCUT2D eigenvalue weighted by molar-refractivity contribution is 5.93. The molecule has 28 heavy (non-hydrogen) atoms. The summed E-state index contributed by atoms with van der Waals surface area (Å²) in [5.74, 6) is -0.0486. The number of hydrogen-bond donors (Lipinski definition) is 1. The summed E-state index contributed by atoms with van der Waals surface area (Å²) in [5, 5.41) is 7.26. The van der Waals surface area contributed by atoms with Gasteiger partial charge in [-0.25, -0.2) is 4.68 Å². The molecule has 1 aromatic heterocycles. The monoisotopic (exact) mass is 376 g/mol. The number of benzene rings is 2. The number of para-hydroxylation sites is 1. The third-order valence-electron chi connectivity index (χ3n) is 4.39. The van der Waals surface area contributed by atoms with E-state index >= 15 is 0 Å². The van der Waals surface area contributed by atoms with Crippen molar-refractivity contribution in [3.63, 3.8) is 0 Å². The van der Waals surface area contributed by atoms with E-state index in [9.17, 15) is 9.59 Å². The predicted molar refractivity (Wildman–Crippen MR) is 108 cm³/mol. The first-order valence-electron chi connectivity index (χ1n) is 9.19. The van der Waals surface area contributed by atoms with Crippen molar-refractivity contribution in [3.05, 3.63) is 83.7 Å². The Balaban J connectivity index is 1.46. The molecule has 0 aliphatic rings. The molecule has 2 aromatic carbocycles. The van der Waals surface area contributed by atoms with Gasteiger partial charge in [-0.2, -0.15) is 5.10 Å². The highest BCUT2D eigenvalue weighted by atomic mass is 16.2. The Morgan fingerprint density at radius 1 is 1.00 bits per heavy atom. The van der Waals surface area contributed by atoms with Gasteiger partial charge in [-0.3, -0.25) is 9.59 Å². The maximum Gasteiger partial charge on any atom is 0.253 e. The normalized spacial score (nSPS) is 10.5. The molecule has 0 bridgehead atoms. The van der Waals surface area contributed by atoms with Crippen LogP contribution in [0.1, 0.15) is 27.9 Å². The van der Waals surface area contributed by atoms with Gasteiger partial charge in [0, 0.05) is 38.8 Å². The van der Waals surface area contributed by atoms with Gasteiger partial charge in [0.2, 0.25) is 5.91 Å². The van der Waals surface area contributed by atoms with E-state index in [0.29, 0.717) is 24.9 Å². The second-order valence-electron chi connectivity index (χ2n) is 6.80. The van der Waals surface area contributed by atoms with Crippen LogP contribution in [-0.4, -0.2) is 40.6 Å². The maximum atomic E-state index is 12.1. The molecule has 0 unspecified atom stereocenters. The summed E-state index contributed by atoms with van der Waals surface area (Å²) in [5.41, 5.74) is 3.61. The highest BCUT2D eigenvalue weighted by Gasteiger charge is 2.08. The second-order valence-corrected chi connectivity index (χ2v) is 6.80. The summed E-state index contributed by atoms with van der Waals surface area (Å²) in [6.45, 7) is 0.443. The first kappa shape index (κ1) is 19.4. The Hall–Kier alpha value is -3.41. The van der Waals surface area contributed by atoms with Gasteiger partial charge in [0.15, 0.2) is 0 Å². The van der Waals surface area contributed by atoms with E-state index in [0.717, 1.165) is 16.8 Å². The number of nitrogens with one attached hydrogen (secondary N) is 1. The van der Waals surface area contributed by atoms with Gasteiger partial charge in [-0.15, -0.1) is 0 Å². The fraction of sp³-hybridized carbons (Fsp3) is 0.227. The lowest BCUT2D eigenvalue weighted by Crippen LogP contribution is -2.23. The third-order valence-corrected chi connectivity index (χ3v) is 4.39. The van der Waals surface area contributed by atoms with E-state index in [1.807, 2.05) is 53.3 Å². The number of carbonyl (C=O) groups excluding carboxylic acids is 2. The van der Waals surface area contributed by atoms with Gasteiger partial charge in [0.1, 0.15) is 0 Å². The molecule has 0 atom stereocenters. The molecule has 0 radical (unpaired) electrons. The molecule has 1 heterocycles. The fourth-order valence-electron chi connectivity index (χ4n) is 2.78. The van der Waals surface area contributed by atoms with Gasteiger partial charge >= 0.3 is 0 Å². The van der Waals surface area contributed by atoms with Crippen LogP contribution in [0.25, 0.3) is 5.69 Å². The Morgan fingerprint density at radius 3 is 2.39 bits per heavy atom. The van der Waals surface area contributed by atoms with Crippen molar-refractivity contribution in [2.75, 3.05) is 14.1 Å². The van der Waals surface area contributed by atoms with Crippen LogP contribution in [-0.2, 0) is 17.8 Å². The summed E-state index contributed by atoms with van der Waals surface area (Å²) in [6.07, 6.45) is 4.77. The van der Waals surface area contributed by atoms with E-state index in [2.05, 4.69) is 10.4 Å². The summed E-state index contributed by atoms with van der Waals surface area (Å²) in [4.78, 5) is 25.6. The number of aromatic nitrogens is 2. The van der Waals surface area contributed by atoms with E-state index in [-0.39, 0.29) is 11.8 Å². The second kappa shape index (κ2) is 8.99. The zero-order chi connectivity index (χ0) is 19.9. The summed E-state index contributed by atoms with van der Waals surface area (Å²) < 4.78 is 1.81. The lowest BCUT2D eigenvalue weighted by atomic mass is 10.1. The van der Waals surface area contributed by atoms with Crippen LogP contribution in [0.4, 0.5) is 0 Å². The Labute approximate surface area is 164 Å². The van der Waals surface area contributed by atoms with Gasteiger partial charge in [0.25, 0.3) is 5.91 Å². The van der Waals surface area contributed by atoms with Crippen LogP contribution in [0.3, 0.4) is 0 Å². The van der Waals surface area contributed by atoms with Crippen molar-refractivity contribution in [1.82, 2.24) is 20.0 Å². The van der Waals surface area contributed by atoms with Crippen LogP contribution in [0.2, 0.25) is 0 Å². The molecule has 1 N–H and O–H groups in total. The van der Waals surface area contributed by atoms with Crippen LogP contribution in [0.5, 0.6) is 0 Å². The van der Waals surface area contributed by atoms with E-state index in [4.69, 9.17) is 0 Å². The van der Waals surface area contributed by atoms with Crippen molar-refractivity contribution in [1.29, 1.82) is 0 Å². The SMILES string of the molecule is CN(C)C(=O)c1ccc(CNC(=O)CCc2cnn(-c3ccccc3)c2)cc1. The molecule has 3 aromatic rings. The number of rotatable bonds is 7. The molecule has 0 fully saturated rings. The zero-order valence-electron chi connectivity index (χ0n) is 16.1. The number of nitrogens with zero attached hydrogens (tertiary/aromatic N) is 3. The van der Waals surface area contributed by atoms with Crippen LogP contribution >= 0.6 is 0 Å². The van der Waals surface area contributed by atoms with Crippen LogP contribution < -0.4 is 5.32 Å². The average molecular weight is 376 g/mol.